The van der Waals surface area contributed by atoms with Crippen molar-refractivity contribution in [3.05, 3.63) is 77.4 Å². The normalized spacial score (nSPS) is 22.6. The molecule has 2 aliphatic heterocycles. The predicted octanol–water partition coefficient (Wildman–Crippen LogP) is 6.37. The quantitative estimate of drug-likeness (QED) is 0.191. The van der Waals surface area contributed by atoms with E-state index in [2.05, 4.69) is 23.6 Å². The molecule has 0 spiro atoms. The molecule has 0 aromatic heterocycles. The van der Waals surface area contributed by atoms with E-state index in [9.17, 15) is 9.59 Å². The van der Waals surface area contributed by atoms with Crippen LogP contribution in [-0.2, 0) is 33.6 Å². The van der Waals surface area contributed by atoms with Gasteiger partial charge in [0.05, 0.1) is 18.6 Å². The molecule has 3 aliphatic rings. The van der Waals surface area contributed by atoms with Gasteiger partial charge in [-0.3, -0.25) is 9.59 Å². The van der Waals surface area contributed by atoms with Gasteiger partial charge in [0, 0.05) is 30.9 Å². The molecule has 0 radical (unpaired) electrons. The summed E-state index contributed by atoms with van der Waals surface area (Å²) in [4.78, 5) is 28.0. The summed E-state index contributed by atoms with van der Waals surface area (Å²) < 4.78 is 11.5. The zero-order chi connectivity index (χ0) is 27.7. The third-order valence-electron chi connectivity index (χ3n) is 8.33. The van der Waals surface area contributed by atoms with Gasteiger partial charge in [0.2, 0.25) is 0 Å². The number of esters is 1. The number of rotatable bonds is 11. The zero-order valence-electron chi connectivity index (χ0n) is 23.9. The lowest BCUT2D eigenvalue weighted by Crippen LogP contribution is -2.31. The molecule has 1 saturated carbocycles. The van der Waals surface area contributed by atoms with Crippen molar-refractivity contribution >= 4 is 11.8 Å². The number of Topliss-reactive ketones (excluding diaryl/α,β-unsaturated/α-hetero) is 1. The molecule has 0 bridgehead atoms. The van der Waals surface area contributed by atoms with E-state index in [0.717, 1.165) is 53.8 Å². The Hall–Kier alpha value is -2.92. The van der Waals surface area contributed by atoms with Crippen molar-refractivity contribution in [1.82, 2.24) is 4.90 Å². The highest BCUT2D eigenvalue weighted by Crippen LogP contribution is 2.52. The van der Waals surface area contributed by atoms with Gasteiger partial charge >= 0.3 is 5.97 Å². The van der Waals surface area contributed by atoms with E-state index in [-0.39, 0.29) is 17.7 Å². The molecular weight excluding hydrogens is 486 g/mol. The molecule has 2 atom stereocenters. The number of ether oxygens (including phenoxy) is 2. The third kappa shape index (κ3) is 7.39. The fourth-order valence-electron chi connectivity index (χ4n) is 6.35. The van der Waals surface area contributed by atoms with Crippen LogP contribution < -0.4 is 4.74 Å². The van der Waals surface area contributed by atoms with Crippen molar-refractivity contribution in [2.75, 3.05) is 32.8 Å². The lowest BCUT2D eigenvalue weighted by atomic mass is 9.75. The minimum absolute atomic E-state index is 0.0808. The first-order valence-corrected chi connectivity index (χ1v) is 14.9. The van der Waals surface area contributed by atoms with Gasteiger partial charge in [-0.15, -0.1) is 0 Å². The Morgan fingerprint density at radius 2 is 1.74 bits per heavy atom. The molecule has 5 rings (SSSR count). The fraction of sp³-hybridized carbons (Fsp3) is 0.529. The summed E-state index contributed by atoms with van der Waals surface area (Å²) in [6.45, 7) is 12.8. The van der Waals surface area contributed by atoms with E-state index in [1.807, 2.05) is 50.2 Å². The number of hydrogen-bond acceptors (Lipinski definition) is 5. The molecule has 3 fully saturated rings. The Balaban J connectivity index is 0.00000172. The van der Waals surface area contributed by atoms with Crippen LogP contribution in [0.15, 0.2) is 60.7 Å². The summed E-state index contributed by atoms with van der Waals surface area (Å²) in [6.07, 6.45) is 7.99. The van der Waals surface area contributed by atoms with E-state index in [4.69, 9.17) is 9.47 Å². The monoisotopic (exact) mass is 531 g/mol. The maximum Gasteiger partial charge on any atom is 0.313 e. The second-order valence-electron chi connectivity index (χ2n) is 11.2. The number of fused-ring (bicyclic) bond motifs is 1. The van der Waals surface area contributed by atoms with Crippen LogP contribution in [0.4, 0.5) is 0 Å². The van der Waals surface area contributed by atoms with Crippen LogP contribution in [0, 0.1) is 11.3 Å². The Labute approximate surface area is 234 Å². The molecule has 39 heavy (non-hydrogen) atoms. The highest BCUT2D eigenvalue weighted by atomic mass is 16.5. The average molecular weight is 532 g/mol. The van der Waals surface area contributed by atoms with Gasteiger partial charge in [0.1, 0.15) is 11.5 Å². The van der Waals surface area contributed by atoms with Crippen LogP contribution >= 0.6 is 0 Å². The van der Waals surface area contributed by atoms with Crippen LogP contribution in [0.3, 0.4) is 0 Å². The molecule has 2 saturated heterocycles. The Morgan fingerprint density at radius 1 is 1.03 bits per heavy atom. The molecule has 0 N–H and O–H groups in total. The molecule has 5 nitrogen and oxygen atoms in total. The molecule has 2 aromatic rings. The van der Waals surface area contributed by atoms with Gasteiger partial charge in [-0.25, -0.2) is 0 Å². The van der Waals surface area contributed by atoms with E-state index in [1.54, 1.807) is 0 Å². The largest absolute Gasteiger partial charge is 0.493 e. The predicted molar refractivity (Wildman–Crippen MR) is 156 cm³/mol. The summed E-state index contributed by atoms with van der Waals surface area (Å²) in [5, 5.41) is 0. The van der Waals surface area contributed by atoms with E-state index in [0.29, 0.717) is 32.5 Å². The molecule has 210 valence electrons. The van der Waals surface area contributed by atoms with Crippen LogP contribution in [0.1, 0.15) is 69.1 Å². The maximum atomic E-state index is 12.9. The maximum absolute atomic E-state index is 12.9. The molecule has 0 amide bonds. The molecule has 2 unspecified atom stereocenters. The molecule has 2 heterocycles. The lowest BCUT2D eigenvalue weighted by Gasteiger charge is -2.26. The molecular formula is C34H45NO4. The van der Waals surface area contributed by atoms with Gasteiger partial charge in [0.25, 0.3) is 0 Å². The van der Waals surface area contributed by atoms with Crippen molar-refractivity contribution in [2.24, 2.45) is 11.3 Å². The lowest BCUT2D eigenvalue weighted by molar-refractivity contribution is -0.146. The smallest absolute Gasteiger partial charge is 0.313 e. The summed E-state index contributed by atoms with van der Waals surface area (Å²) in [6, 6.07) is 16.1. The van der Waals surface area contributed by atoms with Gasteiger partial charge in [0.15, 0.2) is 0 Å². The number of nitrogens with zero attached hydrogens (tertiary/aromatic N) is 1. The summed E-state index contributed by atoms with van der Waals surface area (Å²) in [5.41, 5.74) is 3.75. The van der Waals surface area contributed by atoms with Crippen LogP contribution in [-0.4, -0.2) is 49.5 Å². The van der Waals surface area contributed by atoms with E-state index < -0.39 is 5.41 Å². The van der Waals surface area contributed by atoms with E-state index >= 15 is 0 Å². The van der Waals surface area contributed by atoms with Crippen molar-refractivity contribution in [3.63, 3.8) is 0 Å². The standard InChI is InChI=1S/C32H39NO4.C2H6/c1-24-18-28-23-37-31(35)32(28,21-24)22-26-12-10-25(11-13-26)19-29(34)20-27-8-3-4-9-30(27)36-17-7-16-33-14-5-2-6-15-33;1-2/h3-4,8-13,28H,1-2,5-7,14-23H2;1-2H3. The average Bonchev–Trinajstić information content (AvgIpc) is 3.43. The number of cyclic esters (lactones) is 1. The van der Waals surface area contributed by atoms with E-state index in [1.165, 1.54) is 32.4 Å². The highest BCUT2D eigenvalue weighted by molar-refractivity contribution is 5.84. The first-order chi connectivity index (χ1) is 19.0. The van der Waals surface area contributed by atoms with Gasteiger partial charge in [-0.1, -0.05) is 74.9 Å². The Bertz CT molecular complexity index is 1120. The summed E-state index contributed by atoms with van der Waals surface area (Å²) in [7, 11) is 0. The topological polar surface area (TPSA) is 55.8 Å². The minimum Gasteiger partial charge on any atom is -0.493 e. The number of carbonyl (C=O) groups is 2. The Kier molecular flexibility index (Phi) is 10.4. The third-order valence-corrected chi connectivity index (χ3v) is 8.33. The molecule has 5 heteroatoms. The van der Waals surface area contributed by atoms with Gasteiger partial charge in [-0.2, -0.15) is 0 Å². The van der Waals surface area contributed by atoms with Crippen LogP contribution in [0.5, 0.6) is 5.75 Å². The van der Waals surface area contributed by atoms with Crippen LogP contribution in [0.2, 0.25) is 0 Å². The first-order valence-electron chi connectivity index (χ1n) is 14.9. The van der Waals surface area contributed by atoms with Crippen molar-refractivity contribution in [2.45, 2.75) is 71.6 Å². The second kappa shape index (κ2) is 13.9. The number of benzene rings is 2. The second-order valence-corrected chi connectivity index (χ2v) is 11.2. The molecule has 1 aliphatic carbocycles. The van der Waals surface area contributed by atoms with Crippen molar-refractivity contribution in [1.29, 1.82) is 0 Å². The number of para-hydroxylation sites is 1. The fourth-order valence-corrected chi connectivity index (χ4v) is 6.35. The summed E-state index contributed by atoms with van der Waals surface area (Å²) in [5.74, 6) is 1.14. The number of carbonyl (C=O) groups excluding carboxylic acids is 2. The Morgan fingerprint density at radius 3 is 2.51 bits per heavy atom. The van der Waals surface area contributed by atoms with Crippen LogP contribution in [0.25, 0.3) is 0 Å². The van der Waals surface area contributed by atoms with Gasteiger partial charge < -0.3 is 14.4 Å². The first kappa shape index (κ1) is 29.1. The van der Waals surface area contributed by atoms with Gasteiger partial charge in [-0.05, 0) is 68.8 Å². The number of hydrogen-bond donors (Lipinski definition) is 0. The zero-order valence-corrected chi connectivity index (χ0v) is 23.9. The van der Waals surface area contributed by atoms with Crippen molar-refractivity contribution < 1.29 is 19.1 Å². The SMILES string of the molecule is C=C1CC2COC(=O)C2(Cc2ccc(CC(=O)Cc3ccccc3OCCCN3CCCCC3)cc2)C1.CC. The number of allylic oxidation sites excluding steroid dienone is 1. The molecule has 2 aromatic carbocycles. The summed E-state index contributed by atoms with van der Waals surface area (Å²) >= 11 is 0. The highest BCUT2D eigenvalue weighted by Gasteiger charge is 2.55. The number of piperidine rings is 1. The minimum atomic E-state index is -0.452. The number of ketones is 1. The van der Waals surface area contributed by atoms with Crippen molar-refractivity contribution in [3.8, 4) is 5.75 Å². The number of likely N-dealkylation sites (tertiary alicyclic amines) is 1.